The second-order valence-electron chi connectivity index (χ2n) is 9.91. The van der Waals surface area contributed by atoms with Crippen LogP contribution in [0.15, 0.2) is 24.3 Å². The third-order valence-corrected chi connectivity index (χ3v) is 6.18. The molecule has 1 fully saturated rings. The highest BCUT2D eigenvalue weighted by Crippen LogP contribution is 2.30. The number of hydrogen-bond acceptors (Lipinski definition) is 4. The van der Waals surface area contributed by atoms with Crippen LogP contribution >= 0.6 is 0 Å². The second kappa shape index (κ2) is 8.96. The van der Waals surface area contributed by atoms with Crippen molar-refractivity contribution in [3.63, 3.8) is 0 Å². The molecular weight excluding hydrogens is 404 g/mol. The van der Waals surface area contributed by atoms with Gasteiger partial charge in [0.1, 0.15) is 5.60 Å². The third-order valence-electron chi connectivity index (χ3n) is 6.18. The summed E-state index contributed by atoms with van der Waals surface area (Å²) in [5.41, 5.74) is 4.45. The molecule has 1 atom stereocenters. The first kappa shape index (κ1) is 22.4. The maximum Gasteiger partial charge on any atom is 0.407 e. The molecule has 7 heteroatoms. The highest BCUT2D eigenvalue weighted by atomic mass is 16.6. The van der Waals surface area contributed by atoms with Gasteiger partial charge in [0.25, 0.3) is 5.91 Å². The third kappa shape index (κ3) is 4.81. The molecule has 1 unspecified atom stereocenters. The van der Waals surface area contributed by atoms with E-state index < -0.39 is 11.7 Å². The average Bonchev–Trinajstić information content (AvgIpc) is 3.34. The number of carbonyl (C=O) groups excluding carboxylic acids is 2. The summed E-state index contributed by atoms with van der Waals surface area (Å²) in [5, 5.41) is 7.65. The van der Waals surface area contributed by atoms with Crippen LogP contribution in [0.25, 0.3) is 5.69 Å². The fourth-order valence-electron chi connectivity index (χ4n) is 4.64. The Balaban J connectivity index is 1.54. The minimum absolute atomic E-state index is 0.0234. The Bertz CT molecular complexity index is 988. The van der Waals surface area contributed by atoms with Gasteiger partial charge in [-0.25, -0.2) is 9.48 Å². The number of benzene rings is 1. The predicted molar refractivity (Wildman–Crippen MR) is 123 cm³/mol. The number of alkyl carbamates (subject to hydrolysis) is 1. The zero-order valence-electron chi connectivity index (χ0n) is 19.6. The van der Waals surface area contributed by atoms with E-state index in [9.17, 15) is 9.59 Å². The van der Waals surface area contributed by atoms with Gasteiger partial charge in [-0.15, -0.1) is 0 Å². The van der Waals surface area contributed by atoms with Crippen LogP contribution in [0.1, 0.15) is 73.8 Å². The van der Waals surface area contributed by atoms with E-state index in [2.05, 4.69) is 36.5 Å². The minimum Gasteiger partial charge on any atom is -0.444 e. The van der Waals surface area contributed by atoms with Crippen molar-refractivity contribution < 1.29 is 14.3 Å². The molecular formula is C25H34N4O3. The molecule has 32 heavy (non-hydrogen) atoms. The van der Waals surface area contributed by atoms with Crippen molar-refractivity contribution in [3.8, 4) is 5.69 Å². The molecule has 2 heterocycles. The van der Waals surface area contributed by atoms with Crippen molar-refractivity contribution in [1.29, 1.82) is 0 Å². The number of nitrogens with one attached hydrogen (secondary N) is 1. The second-order valence-corrected chi connectivity index (χ2v) is 9.91. The number of aromatic nitrogens is 2. The number of rotatable bonds is 4. The summed E-state index contributed by atoms with van der Waals surface area (Å²) < 4.78 is 7.31. The molecule has 172 valence electrons. The maximum atomic E-state index is 13.6. The first-order valence-corrected chi connectivity index (χ1v) is 11.7. The summed E-state index contributed by atoms with van der Waals surface area (Å²) in [6.45, 7) is 8.66. The van der Waals surface area contributed by atoms with Gasteiger partial charge in [0, 0.05) is 30.4 Å². The fraction of sp³-hybridized carbons (Fsp3) is 0.560. The van der Waals surface area contributed by atoms with Crippen molar-refractivity contribution in [2.45, 2.75) is 77.9 Å². The standard InChI is InChI=1S/C25H34N4O3/c1-17-11-13-18(14-12-17)29-21-10-7-9-20(21)22(27-29)23(30)28-15-6-5-8-19(28)16-26-24(31)32-25(2,3)4/h11-14,19H,5-10,15-16H2,1-4H3,(H,26,31). The molecule has 7 nitrogen and oxygen atoms in total. The Kier molecular flexibility index (Phi) is 6.26. The predicted octanol–water partition coefficient (Wildman–Crippen LogP) is 4.19. The van der Waals surface area contributed by atoms with Gasteiger partial charge in [-0.3, -0.25) is 4.79 Å². The smallest absolute Gasteiger partial charge is 0.407 e. The Morgan fingerprint density at radius 1 is 1.12 bits per heavy atom. The lowest BCUT2D eigenvalue weighted by molar-refractivity contribution is 0.0460. The number of nitrogens with zero attached hydrogens (tertiary/aromatic N) is 3. The van der Waals surface area contributed by atoms with Gasteiger partial charge in [-0.05, 0) is 78.4 Å². The van der Waals surface area contributed by atoms with Crippen LogP contribution in [0.5, 0.6) is 0 Å². The molecule has 0 saturated carbocycles. The van der Waals surface area contributed by atoms with Gasteiger partial charge in [0.15, 0.2) is 5.69 Å². The van der Waals surface area contributed by atoms with Crippen LogP contribution in [-0.4, -0.2) is 51.4 Å². The van der Waals surface area contributed by atoms with Gasteiger partial charge < -0.3 is 15.0 Å². The van der Waals surface area contributed by atoms with Crippen molar-refractivity contribution >= 4 is 12.0 Å². The Morgan fingerprint density at radius 3 is 2.59 bits per heavy atom. The first-order chi connectivity index (χ1) is 15.2. The number of fused-ring (bicyclic) bond motifs is 1. The monoisotopic (exact) mass is 438 g/mol. The lowest BCUT2D eigenvalue weighted by Gasteiger charge is -2.35. The highest BCUT2D eigenvalue weighted by Gasteiger charge is 2.34. The van der Waals surface area contributed by atoms with Crippen LogP contribution in [0.3, 0.4) is 0 Å². The summed E-state index contributed by atoms with van der Waals surface area (Å²) in [6.07, 6.45) is 5.30. The largest absolute Gasteiger partial charge is 0.444 e. The number of likely N-dealkylation sites (tertiary alicyclic amines) is 1. The zero-order valence-corrected chi connectivity index (χ0v) is 19.6. The fourth-order valence-corrected chi connectivity index (χ4v) is 4.64. The zero-order chi connectivity index (χ0) is 22.9. The summed E-state index contributed by atoms with van der Waals surface area (Å²) in [4.78, 5) is 27.7. The minimum atomic E-state index is -0.546. The molecule has 2 aliphatic rings. The van der Waals surface area contributed by atoms with Crippen molar-refractivity contribution in [1.82, 2.24) is 20.0 Å². The van der Waals surface area contributed by atoms with E-state index in [1.807, 2.05) is 30.4 Å². The van der Waals surface area contributed by atoms with Crippen LogP contribution in [0, 0.1) is 6.92 Å². The van der Waals surface area contributed by atoms with Crippen LogP contribution < -0.4 is 5.32 Å². The van der Waals surface area contributed by atoms with E-state index in [4.69, 9.17) is 9.84 Å². The molecule has 1 saturated heterocycles. The van der Waals surface area contributed by atoms with Crippen LogP contribution in [0.2, 0.25) is 0 Å². The van der Waals surface area contributed by atoms with Gasteiger partial charge in [0.05, 0.1) is 5.69 Å². The number of amides is 2. The number of ether oxygens (including phenoxy) is 1. The molecule has 0 radical (unpaired) electrons. The van der Waals surface area contributed by atoms with E-state index in [1.54, 1.807) is 0 Å². The van der Waals surface area contributed by atoms with E-state index in [0.717, 1.165) is 55.5 Å². The molecule has 1 N–H and O–H groups in total. The van der Waals surface area contributed by atoms with Gasteiger partial charge in [-0.2, -0.15) is 5.10 Å². The Morgan fingerprint density at radius 2 is 1.88 bits per heavy atom. The van der Waals surface area contributed by atoms with Gasteiger partial charge in [0.2, 0.25) is 0 Å². The summed E-state index contributed by atoms with van der Waals surface area (Å²) >= 11 is 0. The van der Waals surface area contributed by atoms with Crippen molar-refractivity contribution in [2.75, 3.05) is 13.1 Å². The SMILES string of the molecule is Cc1ccc(-n2nc(C(=O)N3CCCCC3CNC(=O)OC(C)(C)C)c3c2CCC3)cc1. The molecule has 1 aromatic carbocycles. The molecule has 4 rings (SSSR count). The first-order valence-electron chi connectivity index (χ1n) is 11.7. The highest BCUT2D eigenvalue weighted by molar-refractivity contribution is 5.94. The molecule has 0 spiro atoms. The van der Waals surface area contributed by atoms with Crippen molar-refractivity contribution in [2.24, 2.45) is 0 Å². The number of hydrogen-bond donors (Lipinski definition) is 1. The number of aryl methyl sites for hydroxylation is 1. The van der Waals surface area contributed by atoms with Crippen molar-refractivity contribution in [3.05, 3.63) is 46.8 Å². The lowest BCUT2D eigenvalue weighted by Crippen LogP contribution is -2.50. The Hall–Kier alpha value is -2.83. The van der Waals surface area contributed by atoms with E-state index in [-0.39, 0.29) is 11.9 Å². The average molecular weight is 439 g/mol. The van der Waals surface area contributed by atoms with Gasteiger partial charge >= 0.3 is 6.09 Å². The molecule has 2 amide bonds. The normalized spacial score (nSPS) is 18.4. The molecule has 1 aliphatic carbocycles. The van der Waals surface area contributed by atoms with E-state index in [1.165, 1.54) is 5.56 Å². The molecule has 1 aliphatic heterocycles. The lowest BCUT2D eigenvalue weighted by atomic mass is 10.0. The summed E-state index contributed by atoms with van der Waals surface area (Å²) in [6, 6.07) is 8.21. The Labute approximate surface area is 190 Å². The topological polar surface area (TPSA) is 76.5 Å². The molecule has 0 bridgehead atoms. The van der Waals surface area contributed by atoms with Crippen LogP contribution in [-0.2, 0) is 17.6 Å². The van der Waals surface area contributed by atoms with Gasteiger partial charge in [-0.1, -0.05) is 17.7 Å². The molecule has 1 aromatic heterocycles. The number of piperidine rings is 1. The van der Waals surface area contributed by atoms with E-state index in [0.29, 0.717) is 18.8 Å². The quantitative estimate of drug-likeness (QED) is 0.777. The summed E-state index contributed by atoms with van der Waals surface area (Å²) in [7, 11) is 0. The number of carbonyl (C=O) groups is 2. The van der Waals surface area contributed by atoms with Crippen LogP contribution in [0.4, 0.5) is 4.79 Å². The maximum absolute atomic E-state index is 13.6. The van der Waals surface area contributed by atoms with E-state index >= 15 is 0 Å². The summed E-state index contributed by atoms with van der Waals surface area (Å²) in [5.74, 6) is -0.0234. The molecule has 2 aromatic rings.